The van der Waals surface area contributed by atoms with Gasteiger partial charge in [-0.1, -0.05) is 0 Å². The highest BCUT2D eigenvalue weighted by molar-refractivity contribution is 4.68. The topological polar surface area (TPSA) is 12.0 Å². The molecule has 1 fully saturated rings. The fourth-order valence-electron chi connectivity index (χ4n) is 0.554. The van der Waals surface area contributed by atoms with Crippen LogP contribution < -0.4 is 5.31 Å². The van der Waals surface area contributed by atoms with E-state index in [1.165, 1.54) is 5.31 Å². The Labute approximate surface area is 38.0 Å². The van der Waals surface area contributed by atoms with Gasteiger partial charge in [-0.2, -0.15) is 0 Å². The molecule has 0 radical (unpaired) electrons. The molecule has 0 amide bonds. The van der Waals surface area contributed by atoms with Crippen molar-refractivity contribution in [3.8, 4) is 0 Å². The molecule has 1 rings (SSSR count). The lowest BCUT2D eigenvalue weighted by molar-refractivity contribution is 0.361. The van der Waals surface area contributed by atoms with E-state index < -0.39 is 6.17 Å². The van der Waals surface area contributed by atoms with Gasteiger partial charge in [-0.25, -0.2) is 4.39 Å². The predicted octanol–water partition coefficient (Wildman–Crippen LogP) is 0.318. The molecule has 2 heteroatoms. The highest BCUT2D eigenvalue weighted by Crippen LogP contribution is 1.99. The average Bonchev–Trinajstić information content (AvgIpc) is 1.87. The Kier molecular flexibility index (Phi) is 0.771. The van der Waals surface area contributed by atoms with Gasteiger partial charge in [0.2, 0.25) is 0 Å². The first-order valence-corrected chi connectivity index (χ1v) is 2.17. The molecule has 1 aliphatic heterocycles. The largest absolute Gasteiger partial charge is 0.314 e. The molecule has 0 aliphatic carbocycles. The van der Waals surface area contributed by atoms with Gasteiger partial charge in [0.1, 0.15) is 7.58 Å². The maximum Gasteiger partial charge on any atom is 0.122 e. The molecule has 0 aromatic heterocycles. The fraction of sp³-hybridized carbons (Fsp3) is 1.00. The smallest absolute Gasteiger partial charge is 0.122 e. The van der Waals surface area contributed by atoms with Gasteiger partial charge in [0.15, 0.2) is 0 Å². The fourth-order valence-corrected chi connectivity index (χ4v) is 0.554. The van der Waals surface area contributed by atoms with Gasteiger partial charge in [-0.05, 0) is 13.0 Å². The second-order valence-corrected chi connectivity index (χ2v) is 1.52. The van der Waals surface area contributed by atoms with Crippen LogP contribution in [-0.4, -0.2) is 19.3 Å². The van der Waals surface area contributed by atoms with Crippen molar-refractivity contribution in [2.24, 2.45) is 0 Å². The molecule has 1 nitrogen and oxygen atoms in total. The minimum atomic E-state index is -0.738. The van der Waals surface area contributed by atoms with Gasteiger partial charge in [-0.15, -0.1) is 0 Å². The molecular formula is C4H8FN. The van der Waals surface area contributed by atoms with Gasteiger partial charge >= 0.3 is 0 Å². The standard InChI is InChI=1S/C4H8FN/c5-4-1-2-6-3-4/h4,6H,1-3H2/t4-/m0/s1/i/hD. The molecule has 6 heavy (non-hydrogen) atoms. The second-order valence-electron chi connectivity index (χ2n) is 1.52. The number of nitrogens with one attached hydrogen (secondary N) is 1. The zero-order valence-electron chi connectivity index (χ0n) is 4.52. The molecule has 0 saturated carbocycles. The van der Waals surface area contributed by atoms with Crippen LogP contribution in [0.2, 0.25) is 1.41 Å². The van der Waals surface area contributed by atoms with Gasteiger partial charge < -0.3 is 5.31 Å². The average molecular weight is 90.1 g/mol. The molecule has 1 atom stereocenters. The lowest BCUT2D eigenvalue weighted by Crippen LogP contribution is -2.08. The summed E-state index contributed by atoms with van der Waals surface area (Å²) in [4.78, 5) is 0. The summed E-state index contributed by atoms with van der Waals surface area (Å²) in [5.41, 5.74) is 0. The molecule has 36 valence electrons. The van der Waals surface area contributed by atoms with Crippen LogP contribution in [0.1, 0.15) is 6.42 Å². The molecule has 0 bridgehead atoms. The summed E-state index contributed by atoms with van der Waals surface area (Å²) in [7, 11) is 0. The van der Waals surface area contributed by atoms with Crippen LogP contribution in [0.15, 0.2) is 0 Å². The van der Waals surface area contributed by atoms with E-state index >= 15 is 0 Å². The summed E-state index contributed by atoms with van der Waals surface area (Å²) in [6, 6.07) is 0. The third-order valence-corrected chi connectivity index (χ3v) is 0.928. The Bertz CT molecular complexity index is 60.7. The normalized spacial score (nSPS) is 40.2. The lowest BCUT2D eigenvalue weighted by Gasteiger charge is -1.86. The van der Waals surface area contributed by atoms with Crippen molar-refractivity contribution in [1.29, 1.82) is 0 Å². The van der Waals surface area contributed by atoms with Crippen LogP contribution in [0.3, 0.4) is 0 Å². The maximum absolute atomic E-state index is 12.0. The summed E-state index contributed by atoms with van der Waals surface area (Å²) in [5, 5.41) is 1.25. The van der Waals surface area contributed by atoms with Gasteiger partial charge in [0.25, 0.3) is 0 Å². The van der Waals surface area contributed by atoms with Crippen molar-refractivity contribution in [1.82, 2.24) is 5.31 Å². The van der Waals surface area contributed by atoms with Gasteiger partial charge in [0.05, 0.1) is 0 Å². The lowest BCUT2D eigenvalue weighted by atomic mass is 10.4. The Morgan fingerprint density at radius 3 is 3.00 bits per heavy atom. The molecule has 0 aromatic rings. The Hall–Kier alpha value is -0.110. The Morgan fingerprint density at radius 2 is 2.83 bits per heavy atom. The van der Waals surface area contributed by atoms with E-state index in [1.54, 1.807) is 0 Å². The molecule has 1 N–H and O–H groups in total. The molecule has 1 heterocycles. The first kappa shape index (κ1) is 2.97. The second kappa shape index (κ2) is 1.56. The first-order chi connectivity index (χ1) is 3.29. The Morgan fingerprint density at radius 1 is 2.00 bits per heavy atom. The number of rotatable bonds is 0. The van der Waals surface area contributed by atoms with Crippen LogP contribution in [-0.2, 0) is 0 Å². The van der Waals surface area contributed by atoms with Gasteiger partial charge in [0, 0.05) is 6.54 Å². The van der Waals surface area contributed by atoms with Crippen molar-refractivity contribution < 1.29 is 5.80 Å². The van der Waals surface area contributed by atoms with Crippen molar-refractivity contribution in [2.75, 3.05) is 13.1 Å². The van der Waals surface area contributed by atoms with E-state index in [0.29, 0.717) is 19.5 Å². The van der Waals surface area contributed by atoms with E-state index in [4.69, 9.17) is 1.41 Å². The maximum atomic E-state index is 12.0. The molecule has 0 spiro atoms. The van der Waals surface area contributed by atoms with Crippen LogP contribution in [0, 0.1) is 0 Å². The quantitative estimate of drug-likeness (QED) is 0.451. The van der Waals surface area contributed by atoms with E-state index in [1.807, 2.05) is 0 Å². The van der Waals surface area contributed by atoms with Crippen LogP contribution in [0.25, 0.3) is 0 Å². The number of alkyl halides is 1. The zero-order valence-corrected chi connectivity index (χ0v) is 3.52. The summed E-state index contributed by atoms with van der Waals surface area (Å²) in [6.45, 7) is 0.904. The zero-order chi connectivity index (χ0) is 5.28. The first-order valence-electron chi connectivity index (χ1n) is 2.61. The summed E-state index contributed by atoms with van der Waals surface area (Å²) in [6.07, 6.45) is -0.193. The molecule has 0 aromatic carbocycles. The number of halogens is 1. The third-order valence-electron chi connectivity index (χ3n) is 0.928. The van der Waals surface area contributed by atoms with Crippen LogP contribution in [0.5, 0.6) is 0 Å². The van der Waals surface area contributed by atoms with Crippen molar-refractivity contribution in [2.45, 2.75) is 12.6 Å². The molecular weight excluding hydrogens is 81.0 g/mol. The van der Waals surface area contributed by atoms with Crippen molar-refractivity contribution in [3.63, 3.8) is 0 Å². The Balaban J connectivity index is 2.26. The van der Waals surface area contributed by atoms with Crippen molar-refractivity contribution >= 4 is 0 Å². The number of hydrogen-bond donors (Lipinski definition) is 1. The highest BCUT2D eigenvalue weighted by Gasteiger charge is 2.10. The van der Waals surface area contributed by atoms with Crippen LogP contribution >= 0.6 is 0 Å². The van der Waals surface area contributed by atoms with E-state index in [-0.39, 0.29) is 0 Å². The number of hydrogen-bond acceptors (Lipinski definition) is 1. The highest BCUT2D eigenvalue weighted by atomic mass is 19.1. The summed E-state index contributed by atoms with van der Waals surface area (Å²) in [5.74, 6) is 0. The minimum absolute atomic E-state index is 0.306. The SMILES string of the molecule is [2H]N1CC[C@H](F)C1. The summed E-state index contributed by atoms with van der Waals surface area (Å²) >= 11 is 0. The summed E-state index contributed by atoms with van der Waals surface area (Å²) < 4.78 is 18.9. The van der Waals surface area contributed by atoms with Crippen molar-refractivity contribution in [3.05, 3.63) is 0 Å². The van der Waals surface area contributed by atoms with Crippen LogP contribution in [0.4, 0.5) is 4.39 Å². The predicted molar refractivity (Wildman–Crippen MR) is 22.4 cm³/mol. The van der Waals surface area contributed by atoms with E-state index in [2.05, 4.69) is 0 Å². The molecule has 1 saturated heterocycles. The van der Waals surface area contributed by atoms with E-state index in [0.717, 1.165) is 0 Å². The van der Waals surface area contributed by atoms with E-state index in [9.17, 15) is 4.39 Å². The van der Waals surface area contributed by atoms with Gasteiger partial charge in [-0.3, -0.25) is 0 Å². The third kappa shape index (κ3) is 0.684. The molecule has 0 unspecified atom stereocenters. The minimum Gasteiger partial charge on any atom is -0.314 e. The molecule has 1 aliphatic rings. The monoisotopic (exact) mass is 90.1 g/mol.